The van der Waals surface area contributed by atoms with E-state index in [-0.39, 0.29) is 12.6 Å². The zero-order valence-electron chi connectivity index (χ0n) is 13.2. The molecule has 0 spiro atoms. The van der Waals surface area contributed by atoms with Gasteiger partial charge >= 0.3 is 6.03 Å². The molecule has 2 rings (SSSR count). The number of hydrogen-bond acceptors (Lipinski definition) is 4. The second-order valence-corrected chi connectivity index (χ2v) is 5.79. The minimum Gasteiger partial charge on any atom is -0.395 e. The summed E-state index contributed by atoms with van der Waals surface area (Å²) in [5.74, 6) is 0. The number of likely N-dealkylation sites (tertiary alicyclic amines) is 1. The molecule has 122 valence electrons. The monoisotopic (exact) mass is 306 g/mol. The Morgan fingerprint density at radius 3 is 3.14 bits per heavy atom. The van der Waals surface area contributed by atoms with Gasteiger partial charge in [-0.2, -0.15) is 0 Å². The van der Waals surface area contributed by atoms with Gasteiger partial charge in [0.25, 0.3) is 0 Å². The van der Waals surface area contributed by atoms with Crippen molar-refractivity contribution in [3.05, 3.63) is 24.0 Å². The smallest absolute Gasteiger partial charge is 0.319 e. The zero-order chi connectivity index (χ0) is 15.8. The van der Waals surface area contributed by atoms with Crippen LogP contribution in [0, 0.1) is 6.92 Å². The third-order valence-electron chi connectivity index (χ3n) is 4.02. The van der Waals surface area contributed by atoms with Crippen molar-refractivity contribution in [2.24, 2.45) is 0 Å². The summed E-state index contributed by atoms with van der Waals surface area (Å²) in [6.45, 7) is 4.89. The molecule has 1 unspecified atom stereocenters. The molecule has 1 aromatic rings. The molecule has 22 heavy (non-hydrogen) atoms. The first-order valence-electron chi connectivity index (χ1n) is 8.01. The normalized spacial score (nSPS) is 18.4. The second-order valence-electron chi connectivity index (χ2n) is 5.79. The maximum Gasteiger partial charge on any atom is 0.319 e. The van der Waals surface area contributed by atoms with Gasteiger partial charge in [0, 0.05) is 30.2 Å². The van der Waals surface area contributed by atoms with Crippen molar-refractivity contribution in [2.45, 2.75) is 38.6 Å². The molecular formula is C16H26N4O2. The maximum absolute atomic E-state index is 11.8. The van der Waals surface area contributed by atoms with E-state index >= 15 is 0 Å². The fourth-order valence-electron chi connectivity index (χ4n) is 2.84. The summed E-state index contributed by atoms with van der Waals surface area (Å²) < 4.78 is 0. The quantitative estimate of drug-likeness (QED) is 0.671. The molecule has 1 fully saturated rings. The number of carbonyl (C=O) groups is 1. The minimum absolute atomic E-state index is 0.181. The van der Waals surface area contributed by atoms with Crippen molar-refractivity contribution in [2.75, 3.05) is 31.6 Å². The number of amides is 2. The van der Waals surface area contributed by atoms with Gasteiger partial charge in [-0.15, -0.1) is 0 Å². The van der Waals surface area contributed by atoms with E-state index in [1.54, 1.807) is 12.3 Å². The Balaban J connectivity index is 1.57. The number of aryl methyl sites for hydroxylation is 1. The van der Waals surface area contributed by atoms with E-state index in [1.807, 2.05) is 13.0 Å². The molecule has 1 aromatic heterocycles. The molecule has 1 aliphatic rings. The first kappa shape index (κ1) is 16.7. The van der Waals surface area contributed by atoms with Gasteiger partial charge in [0.2, 0.25) is 0 Å². The molecule has 1 aliphatic heterocycles. The Labute approximate surface area is 131 Å². The van der Waals surface area contributed by atoms with Gasteiger partial charge < -0.3 is 15.7 Å². The number of aliphatic hydroxyl groups is 1. The molecule has 1 saturated heterocycles. The van der Waals surface area contributed by atoms with Crippen LogP contribution in [0.3, 0.4) is 0 Å². The lowest BCUT2D eigenvalue weighted by molar-refractivity contribution is 0.157. The summed E-state index contributed by atoms with van der Waals surface area (Å²) >= 11 is 0. The summed E-state index contributed by atoms with van der Waals surface area (Å²) in [5, 5.41) is 14.9. The Morgan fingerprint density at radius 1 is 1.50 bits per heavy atom. The molecule has 6 nitrogen and oxygen atoms in total. The molecule has 2 heterocycles. The topological polar surface area (TPSA) is 77.5 Å². The number of carbonyl (C=O) groups excluding carboxylic acids is 1. The van der Waals surface area contributed by atoms with Crippen LogP contribution in [0.4, 0.5) is 10.5 Å². The van der Waals surface area contributed by atoms with Crippen LogP contribution in [0.25, 0.3) is 0 Å². The number of nitrogens with one attached hydrogen (secondary N) is 2. The number of hydrogen-bond donors (Lipinski definition) is 3. The largest absolute Gasteiger partial charge is 0.395 e. The van der Waals surface area contributed by atoms with E-state index in [2.05, 4.69) is 20.5 Å². The summed E-state index contributed by atoms with van der Waals surface area (Å²) in [7, 11) is 0. The first-order chi connectivity index (χ1) is 10.7. The Bertz CT molecular complexity index is 481. The lowest BCUT2D eigenvalue weighted by atomic mass is 10.2. The van der Waals surface area contributed by atoms with Gasteiger partial charge in [0.1, 0.15) is 0 Å². The molecule has 1 atom stereocenters. The van der Waals surface area contributed by atoms with Crippen LogP contribution >= 0.6 is 0 Å². The van der Waals surface area contributed by atoms with Crippen molar-refractivity contribution in [1.29, 1.82) is 0 Å². The molecule has 0 bridgehead atoms. The van der Waals surface area contributed by atoms with Crippen LogP contribution in [0.5, 0.6) is 0 Å². The number of rotatable bonds is 7. The van der Waals surface area contributed by atoms with E-state index < -0.39 is 0 Å². The standard InChI is InChI=1S/C16H26N4O2/c1-13-11-14(6-8-17-13)19-16(22)18-7-2-3-9-20-10-4-5-15(20)12-21/h6,8,11,15,21H,2-5,7,9-10,12H2,1H3,(H2,17,18,19,22). The highest BCUT2D eigenvalue weighted by Gasteiger charge is 2.22. The van der Waals surface area contributed by atoms with E-state index in [0.29, 0.717) is 12.6 Å². The average Bonchev–Trinajstić information content (AvgIpc) is 2.94. The summed E-state index contributed by atoms with van der Waals surface area (Å²) in [4.78, 5) is 18.2. The zero-order valence-corrected chi connectivity index (χ0v) is 13.2. The van der Waals surface area contributed by atoms with Crippen LogP contribution in [-0.4, -0.2) is 53.3 Å². The summed E-state index contributed by atoms with van der Waals surface area (Å²) in [5.41, 5.74) is 1.63. The van der Waals surface area contributed by atoms with Crippen molar-refractivity contribution < 1.29 is 9.90 Å². The molecule has 0 saturated carbocycles. The Kier molecular flexibility index (Phi) is 6.61. The number of urea groups is 1. The van der Waals surface area contributed by atoms with Crippen LogP contribution in [-0.2, 0) is 0 Å². The molecule has 2 amide bonds. The molecular weight excluding hydrogens is 280 g/mol. The van der Waals surface area contributed by atoms with E-state index in [9.17, 15) is 9.90 Å². The molecule has 0 radical (unpaired) electrons. The summed E-state index contributed by atoms with van der Waals surface area (Å²) in [6.07, 6.45) is 5.93. The van der Waals surface area contributed by atoms with Gasteiger partial charge in [-0.25, -0.2) is 4.79 Å². The number of aromatic nitrogens is 1. The Morgan fingerprint density at radius 2 is 2.36 bits per heavy atom. The van der Waals surface area contributed by atoms with E-state index in [0.717, 1.165) is 43.7 Å². The third kappa shape index (κ3) is 5.27. The van der Waals surface area contributed by atoms with Gasteiger partial charge in [-0.3, -0.25) is 9.88 Å². The first-order valence-corrected chi connectivity index (χ1v) is 8.01. The number of aliphatic hydroxyl groups excluding tert-OH is 1. The predicted octanol–water partition coefficient (Wildman–Crippen LogP) is 1.75. The molecule has 0 aliphatic carbocycles. The third-order valence-corrected chi connectivity index (χ3v) is 4.02. The number of nitrogens with zero attached hydrogens (tertiary/aromatic N) is 2. The van der Waals surface area contributed by atoms with Crippen molar-refractivity contribution >= 4 is 11.7 Å². The molecule has 0 aromatic carbocycles. The molecule has 6 heteroatoms. The van der Waals surface area contributed by atoms with E-state index in [1.165, 1.54) is 6.42 Å². The fraction of sp³-hybridized carbons (Fsp3) is 0.625. The van der Waals surface area contributed by atoms with Crippen molar-refractivity contribution in [3.8, 4) is 0 Å². The van der Waals surface area contributed by atoms with Gasteiger partial charge in [-0.05, 0) is 57.8 Å². The van der Waals surface area contributed by atoms with Gasteiger partial charge in [-0.1, -0.05) is 0 Å². The highest BCUT2D eigenvalue weighted by molar-refractivity contribution is 5.89. The number of anilines is 1. The van der Waals surface area contributed by atoms with Gasteiger partial charge in [0.05, 0.1) is 6.61 Å². The molecule has 3 N–H and O–H groups in total. The SMILES string of the molecule is Cc1cc(NC(=O)NCCCCN2CCCC2CO)ccn1. The van der Waals surface area contributed by atoms with E-state index in [4.69, 9.17) is 0 Å². The highest BCUT2D eigenvalue weighted by atomic mass is 16.3. The van der Waals surface area contributed by atoms with Crippen molar-refractivity contribution in [3.63, 3.8) is 0 Å². The number of unbranched alkanes of at least 4 members (excludes halogenated alkanes) is 1. The van der Waals surface area contributed by atoms with Crippen molar-refractivity contribution in [1.82, 2.24) is 15.2 Å². The highest BCUT2D eigenvalue weighted by Crippen LogP contribution is 2.16. The average molecular weight is 306 g/mol. The Hall–Kier alpha value is -1.66. The van der Waals surface area contributed by atoms with Gasteiger partial charge in [0.15, 0.2) is 0 Å². The van der Waals surface area contributed by atoms with Crippen LogP contribution < -0.4 is 10.6 Å². The summed E-state index contributed by atoms with van der Waals surface area (Å²) in [6, 6.07) is 3.77. The maximum atomic E-state index is 11.8. The predicted molar refractivity (Wildman–Crippen MR) is 86.9 cm³/mol. The second kappa shape index (κ2) is 8.70. The lowest BCUT2D eigenvalue weighted by Gasteiger charge is -2.22. The minimum atomic E-state index is -0.181. The van der Waals surface area contributed by atoms with Crippen LogP contribution in [0.15, 0.2) is 18.3 Å². The van der Waals surface area contributed by atoms with Crippen LogP contribution in [0.1, 0.15) is 31.4 Å². The lowest BCUT2D eigenvalue weighted by Crippen LogP contribution is -2.34. The fourth-order valence-corrected chi connectivity index (χ4v) is 2.84. The van der Waals surface area contributed by atoms with Crippen LogP contribution in [0.2, 0.25) is 0 Å². The number of pyridine rings is 1.